The number of aromatic nitrogens is 4. The summed E-state index contributed by atoms with van der Waals surface area (Å²) < 4.78 is 5.00. The highest BCUT2D eigenvalue weighted by Gasteiger charge is 2.14. The minimum atomic E-state index is 0.570. The molecule has 0 amide bonds. The van der Waals surface area contributed by atoms with Crippen LogP contribution in [0.1, 0.15) is 29.6 Å². The summed E-state index contributed by atoms with van der Waals surface area (Å²) in [4.78, 5) is 4.34. The number of hydrogen-bond acceptors (Lipinski definition) is 7. The Labute approximate surface area is 113 Å². The Balaban J connectivity index is 2.35. The van der Waals surface area contributed by atoms with Gasteiger partial charge in [-0.2, -0.15) is 14.7 Å². The van der Waals surface area contributed by atoms with Gasteiger partial charge in [0.2, 0.25) is 0 Å². The third-order valence-electron chi connectivity index (χ3n) is 2.48. The van der Waals surface area contributed by atoms with Gasteiger partial charge < -0.3 is 0 Å². The van der Waals surface area contributed by atoms with Crippen molar-refractivity contribution in [3.8, 4) is 6.07 Å². The van der Waals surface area contributed by atoms with Crippen molar-refractivity contribution in [3.63, 3.8) is 0 Å². The number of aryl methyl sites for hydroxylation is 2. The zero-order valence-electron chi connectivity index (χ0n) is 10.3. The fraction of sp³-hybridized carbons (Fsp3) is 0.364. The van der Waals surface area contributed by atoms with Crippen molar-refractivity contribution in [1.82, 2.24) is 19.6 Å². The fourth-order valence-electron chi connectivity index (χ4n) is 1.30. The first kappa shape index (κ1) is 12.9. The number of hydrogen-bond donors (Lipinski definition) is 0. The lowest BCUT2D eigenvalue weighted by molar-refractivity contribution is 0.870. The van der Waals surface area contributed by atoms with Gasteiger partial charge >= 0.3 is 0 Å². The molecule has 0 unspecified atom stereocenters. The van der Waals surface area contributed by atoms with Crippen LogP contribution in [-0.4, -0.2) is 19.6 Å². The molecule has 0 aliphatic rings. The highest BCUT2D eigenvalue weighted by Crippen LogP contribution is 2.31. The van der Waals surface area contributed by atoms with Crippen LogP contribution in [0.4, 0.5) is 0 Å². The molecule has 5 nitrogen and oxygen atoms in total. The molecule has 0 saturated heterocycles. The zero-order chi connectivity index (χ0) is 13.1. The van der Waals surface area contributed by atoms with Crippen molar-refractivity contribution < 1.29 is 0 Å². The average Bonchev–Trinajstić information content (AvgIpc) is 2.82. The third-order valence-corrected chi connectivity index (χ3v) is 4.25. The van der Waals surface area contributed by atoms with E-state index in [1.54, 1.807) is 0 Å². The van der Waals surface area contributed by atoms with E-state index in [2.05, 4.69) is 25.6 Å². The summed E-state index contributed by atoms with van der Waals surface area (Å²) in [5.74, 6) is 0.817. The van der Waals surface area contributed by atoms with Crippen LogP contribution in [0.5, 0.6) is 0 Å². The molecule has 2 heterocycles. The second-order valence-electron chi connectivity index (χ2n) is 3.63. The lowest BCUT2D eigenvalue weighted by Crippen LogP contribution is -1.98. The maximum atomic E-state index is 9.19. The summed E-state index contributed by atoms with van der Waals surface area (Å²) in [5, 5.41) is 17.9. The topological polar surface area (TPSA) is 75.3 Å². The van der Waals surface area contributed by atoms with Crippen LogP contribution >= 0.6 is 23.3 Å². The maximum absolute atomic E-state index is 9.19. The van der Waals surface area contributed by atoms with E-state index in [-0.39, 0.29) is 0 Å². The van der Waals surface area contributed by atoms with E-state index in [0.717, 1.165) is 27.8 Å². The minimum absolute atomic E-state index is 0.570. The van der Waals surface area contributed by atoms with Crippen LogP contribution in [0.3, 0.4) is 0 Å². The second-order valence-corrected chi connectivity index (χ2v) is 5.62. The SMILES string of the molecule is CCc1nsc(Sc2nnc(C)c(C)c2C#N)n1. The van der Waals surface area contributed by atoms with Crippen molar-refractivity contribution in [2.45, 2.75) is 36.6 Å². The van der Waals surface area contributed by atoms with Crippen LogP contribution in [0.2, 0.25) is 0 Å². The van der Waals surface area contributed by atoms with Crippen LogP contribution in [0, 0.1) is 25.2 Å². The molecule has 0 saturated carbocycles. The van der Waals surface area contributed by atoms with E-state index in [1.807, 2.05) is 20.8 Å². The highest BCUT2D eigenvalue weighted by molar-refractivity contribution is 8.00. The Morgan fingerprint density at radius 3 is 2.72 bits per heavy atom. The molecular formula is C11H11N5S2. The van der Waals surface area contributed by atoms with Crippen LogP contribution in [0.15, 0.2) is 9.37 Å². The van der Waals surface area contributed by atoms with E-state index < -0.39 is 0 Å². The Bertz CT molecular complexity index is 614. The van der Waals surface area contributed by atoms with Gasteiger partial charge in [-0.1, -0.05) is 6.92 Å². The maximum Gasteiger partial charge on any atom is 0.176 e. The van der Waals surface area contributed by atoms with Gasteiger partial charge in [0.15, 0.2) is 4.34 Å². The Morgan fingerprint density at radius 1 is 1.33 bits per heavy atom. The van der Waals surface area contributed by atoms with Gasteiger partial charge in [-0.05, 0) is 42.7 Å². The first-order chi connectivity index (χ1) is 8.65. The van der Waals surface area contributed by atoms with Gasteiger partial charge in [0, 0.05) is 6.42 Å². The molecule has 2 aromatic heterocycles. The molecule has 7 heteroatoms. The minimum Gasteiger partial charge on any atom is -0.213 e. The first-order valence-electron chi connectivity index (χ1n) is 5.40. The molecular weight excluding hydrogens is 266 g/mol. The van der Waals surface area contributed by atoms with Gasteiger partial charge in [-0.15, -0.1) is 5.10 Å². The van der Waals surface area contributed by atoms with Crippen LogP contribution in [-0.2, 0) is 6.42 Å². The van der Waals surface area contributed by atoms with Gasteiger partial charge in [0.25, 0.3) is 0 Å². The standard InChI is InChI=1S/C11H11N5S2/c1-4-9-13-11(18-16-9)17-10-8(5-12)6(2)7(3)14-15-10/h4H2,1-3H3. The first-order valence-corrected chi connectivity index (χ1v) is 6.99. The number of nitrogens with zero attached hydrogens (tertiary/aromatic N) is 5. The molecule has 0 fully saturated rings. The number of rotatable bonds is 3. The fourth-order valence-corrected chi connectivity index (χ4v) is 2.99. The molecule has 0 N–H and O–H groups in total. The summed E-state index contributed by atoms with van der Waals surface area (Å²) in [6.07, 6.45) is 0.806. The lowest BCUT2D eigenvalue weighted by atomic mass is 10.1. The molecule has 18 heavy (non-hydrogen) atoms. The van der Waals surface area contributed by atoms with E-state index in [4.69, 9.17) is 0 Å². The van der Waals surface area contributed by atoms with E-state index >= 15 is 0 Å². The molecule has 0 aliphatic heterocycles. The summed E-state index contributed by atoms with van der Waals surface area (Å²) in [7, 11) is 0. The molecule has 0 aliphatic carbocycles. The molecule has 0 aromatic carbocycles. The van der Waals surface area contributed by atoms with Gasteiger partial charge in [0.05, 0.1) is 11.3 Å². The van der Waals surface area contributed by atoms with E-state index in [0.29, 0.717) is 10.6 Å². The van der Waals surface area contributed by atoms with Crippen molar-refractivity contribution in [2.24, 2.45) is 0 Å². The summed E-state index contributed by atoms with van der Waals surface area (Å²) in [6, 6.07) is 2.18. The molecule has 0 radical (unpaired) electrons. The Hall–Kier alpha value is -1.52. The monoisotopic (exact) mass is 277 g/mol. The summed E-state index contributed by atoms with van der Waals surface area (Å²) in [6.45, 7) is 5.73. The summed E-state index contributed by atoms with van der Waals surface area (Å²) in [5.41, 5.74) is 2.22. The van der Waals surface area contributed by atoms with Gasteiger partial charge in [0.1, 0.15) is 16.9 Å². The lowest BCUT2D eigenvalue weighted by Gasteiger charge is -2.04. The van der Waals surface area contributed by atoms with Crippen molar-refractivity contribution in [3.05, 3.63) is 22.6 Å². The van der Waals surface area contributed by atoms with Crippen LogP contribution in [0.25, 0.3) is 0 Å². The molecule has 2 aromatic rings. The third kappa shape index (κ3) is 2.49. The van der Waals surface area contributed by atoms with E-state index in [1.165, 1.54) is 23.3 Å². The zero-order valence-corrected chi connectivity index (χ0v) is 11.9. The predicted octanol–water partition coefficient (Wildman–Crippen LogP) is 2.53. The molecule has 0 spiro atoms. The highest BCUT2D eigenvalue weighted by atomic mass is 32.2. The molecule has 0 atom stereocenters. The largest absolute Gasteiger partial charge is 0.213 e. The Kier molecular flexibility index (Phi) is 3.89. The normalized spacial score (nSPS) is 10.3. The molecule has 92 valence electrons. The van der Waals surface area contributed by atoms with E-state index in [9.17, 15) is 5.26 Å². The quantitative estimate of drug-likeness (QED) is 0.858. The predicted molar refractivity (Wildman–Crippen MR) is 69.6 cm³/mol. The Morgan fingerprint density at radius 2 is 2.11 bits per heavy atom. The van der Waals surface area contributed by atoms with Crippen molar-refractivity contribution in [2.75, 3.05) is 0 Å². The molecule has 0 bridgehead atoms. The van der Waals surface area contributed by atoms with Gasteiger partial charge in [-0.25, -0.2) is 4.98 Å². The smallest absolute Gasteiger partial charge is 0.176 e. The second kappa shape index (κ2) is 5.42. The molecule has 2 rings (SSSR count). The van der Waals surface area contributed by atoms with Crippen molar-refractivity contribution >= 4 is 23.3 Å². The summed E-state index contributed by atoms with van der Waals surface area (Å²) >= 11 is 2.67. The number of nitriles is 1. The average molecular weight is 277 g/mol. The van der Waals surface area contributed by atoms with Crippen molar-refractivity contribution in [1.29, 1.82) is 5.26 Å². The van der Waals surface area contributed by atoms with Crippen LogP contribution < -0.4 is 0 Å². The van der Waals surface area contributed by atoms with Gasteiger partial charge in [-0.3, -0.25) is 0 Å².